The molecule has 0 unspecified atom stereocenters. The molecular formula is C5H10N2O3. The number of amidine groups is 1. The van der Waals surface area contributed by atoms with Crippen molar-refractivity contribution < 1.29 is 14.3 Å². The largest absolute Gasteiger partial charge is 0.462 e. The molecule has 0 saturated heterocycles. The Hall–Kier alpha value is -1.26. The summed E-state index contributed by atoms with van der Waals surface area (Å²) in [5.41, 5.74) is 4.83. The molecule has 0 spiro atoms. The summed E-state index contributed by atoms with van der Waals surface area (Å²) in [6.07, 6.45) is 0. The fourth-order valence-electron chi connectivity index (χ4n) is 0.337. The van der Waals surface area contributed by atoms with Crippen molar-refractivity contribution in [3.63, 3.8) is 0 Å². The maximum absolute atomic E-state index is 10.1. The van der Waals surface area contributed by atoms with Gasteiger partial charge in [0.2, 0.25) is 0 Å². The molecule has 0 bridgehead atoms. The van der Waals surface area contributed by atoms with E-state index in [-0.39, 0.29) is 25.2 Å². The van der Waals surface area contributed by atoms with Gasteiger partial charge in [-0.25, -0.2) is 0 Å². The van der Waals surface area contributed by atoms with E-state index in [9.17, 15) is 4.79 Å². The van der Waals surface area contributed by atoms with Crippen LogP contribution in [0.5, 0.6) is 0 Å². The summed E-state index contributed by atoms with van der Waals surface area (Å²) in [4.78, 5) is 10.1. The molecule has 0 aliphatic carbocycles. The molecule has 0 fully saturated rings. The van der Waals surface area contributed by atoms with Crippen LogP contribution in [0.2, 0.25) is 0 Å². The van der Waals surface area contributed by atoms with Crippen LogP contribution in [-0.4, -0.2) is 25.2 Å². The van der Waals surface area contributed by atoms with Gasteiger partial charge in [-0.05, 0) is 0 Å². The highest BCUT2D eigenvalue weighted by Crippen LogP contribution is 1.77. The molecule has 0 aromatic heterocycles. The van der Waals surface area contributed by atoms with E-state index in [0.29, 0.717) is 0 Å². The monoisotopic (exact) mass is 146 g/mol. The SMILES string of the molecule is CC(=O)OCCOC(=N)N. The Bertz CT molecular complexity index is 119. The summed E-state index contributed by atoms with van der Waals surface area (Å²) in [7, 11) is 0. The van der Waals surface area contributed by atoms with Gasteiger partial charge in [0.15, 0.2) is 0 Å². The molecule has 0 rings (SSSR count). The first-order valence-electron chi connectivity index (χ1n) is 2.73. The number of rotatable bonds is 3. The zero-order chi connectivity index (χ0) is 7.98. The molecule has 10 heavy (non-hydrogen) atoms. The van der Waals surface area contributed by atoms with Gasteiger partial charge in [-0.2, -0.15) is 0 Å². The number of esters is 1. The van der Waals surface area contributed by atoms with Gasteiger partial charge in [0.05, 0.1) is 0 Å². The lowest BCUT2D eigenvalue weighted by molar-refractivity contribution is -0.141. The van der Waals surface area contributed by atoms with Crippen molar-refractivity contribution in [2.45, 2.75) is 6.92 Å². The van der Waals surface area contributed by atoms with Crippen LogP contribution in [0.4, 0.5) is 0 Å². The van der Waals surface area contributed by atoms with Gasteiger partial charge in [-0.15, -0.1) is 0 Å². The standard InChI is InChI=1S/C5H10N2O3/c1-4(8)9-2-3-10-5(6)7/h2-3H2,1H3,(H3,6,7). The third kappa shape index (κ3) is 6.74. The Balaban J connectivity index is 3.06. The van der Waals surface area contributed by atoms with Gasteiger partial charge in [-0.1, -0.05) is 0 Å². The zero-order valence-electron chi connectivity index (χ0n) is 5.72. The Labute approximate surface area is 58.6 Å². The first-order valence-corrected chi connectivity index (χ1v) is 2.73. The molecule has 0 aromatic carbocycles. The van der Waals surface area contributed by atoms with Crippen LogP contribution in [0.1, 0.15) is 6.92 Å². The normalized spacial score (nSPS) is 8.50. The summed E-state index contributed by atoms with van der Waals surface area (Å²) in [5, 5.41) is 6.60. The van der Waals surface area contributed by atoms with Crippen LogP contribution < -0.4 is 5.73 Å². The highest BCUT2D eigenvalue weighted by Gasteiger charge is 1.92. The van der Waals surface area contributed by atoms with Crippen molar-refractivity contribution in [2.24, 2.45) is 5.73 Å². The molecule has 0 aromatic rings. The number of nitrogens with two attached hydrogens (primary N) is 1. The topological polar surface area (TPSA) is 85.4 Å². The van der Waals surface area contributed by atoms with Gasteiger partial charge in [0, 0.05) is 6.92 Å². The Morgan fingerprint density at radius 2 is 2.00 bits per heavy atom. The molecule has 0 saturated carbocycles. The minimum Gasteiger partial charge on any atom is -0.462 e. The van der Waals surface area contributed by atoms with Crippen LogP contribution in [0.25, 0.3) is 0 Å². The highest BCUT2D eigenvalue weighted by atomic mass is 16.6. The van der Waals surface area contributed by atoms with Gasteiger partial charge in [0.25, 0.3) is 6.02 Å². The van der Waals surface area contributed by atoms with Gasteiger partial charge in [-0.3, -0.25) is 10.2 Å². The molecule has 0 amide bonds. The first kappa shape index (κ1) is 8.74. The van der Waals surface area contributed by atoms with Crippen molar-refractivity contribution in [1.82, 2.24) is 0 Å². The molecule has 0 aliphatic heterocycles. The van der Waals surface area contributed by atoms with Crippen LogP contribution in [0, 0.1) is 5.41 Å². The predicted molar refractivity (Wildman–Crippen MR) is 34.5 cm³/mol. The van der Waals surface area contributed by atoms with Crippen LogP contribution >= 0.6 is 0 Å². The third-order valence-corrected chi connectivity index (χ3v) is 0.646. The van der Waals surface area contributed by atoms with Gasteiger partial charge < -0.3 is 15.2 Å². The average molecular weight is 146 g/mol. The first-order chi connectivity index (χ1) is 4.63. The number of hydrogen-bond donors (Lipinski definition) is 2. The molecule has 58 valence electrons. The molecule has 0 aliphatic rings. The number of carbonyl (C=O) groups is 1. The summed E-state index contributed by atoms with van der Waals surface area (Å²) < 4.78 is 8.95. The van der Waals surface area contributed by atoms with E-state index < -0.39 is 0 Å². The second-order valence-electron chi connectivity index (χ2n) is 1.55. The zero-order valence-corrected chi connectivity index (χ0v) is 5.72. The van der Waals surface area contributed by atoms with E-state index in [1.54, 1.807) is 0 Å². The average Bonchev–Trinajstić information content (AvgIpc) is 1.79. The van der Waals surface area contributed by atoms with Crippen molar-refractivity contribution in [1.29, 1.82) is 5.41 Å². The Morgan fingerprint density at radius 3 is 2.40 bits per heavy atom. The van der Waals surface area contributed by atoms with E-state index in [4.69, 9.17) is 11.1 Å². The molecule has 3 N–H and O–H groups in total. The van der Waals surface area contributed by atoms with Crippen LogP contribution in [0.15, 0.2) is 0 Å². The van der Waals surface area contributed by atoms with Crippen molar-refractivity contribution in [3.8, 4) is 0 Å². The lowest BCUT2D eigenvalue weighted by atomic mass is 10.7. The Kier molecular flexibility index (Phi) is 4.02. The molecule has 0 atom stereocenters. The third-order valence-electron chi connectivity index (χ3n) is 0.646. The van der Waals surface area contributed by atoms with E-state index in [1.165, 1.54) is 6.92 Å². The number of ether oxygens (including phenoxy) is 2. The number of carbonyl (C=O) groups excluding carboxylic acids is 1. The summed E-state index contributed by atoms with van der Waals surface area (Å²) in [6.45, 7) is 1.57. The fraction of sp³-hybridized carbons (Fsp3) is 0.600. The lowest BCUT2D eigenvalue weighted by Gasteiger charge is -2.02. The van der Waals surface area contributed by atoms with Crippen molar-refractivity contribution in [2.75, 3.05) is 13.2 Å². The molecule has 0 heterocycles. The van der Waals surface area contributed by atoms with E-state index in [2.05, 4.69) is 9.47 Å². The van der Waals surface area contributed by atoms with Gasteiger partial charge in [0.1, 0.15) is 13.2 Å². The number of hydrogen-bond acceptors (Lipinski definition) is 4. The summed E-state index contributed by atoms with van der Waals surface area (Å²) in [5.74, 6) is -0.368. The lowest BCUT2D eigenvalue weighted by Crippen LogP contribution is -2.18. The highest BCUT2D eigenvalue weighted by molar-refractivity contribution is 5.67. The maximum atomic E-state index is 10.1. The molecular weight excluding hydrogens is 136 g/mol. The molecule has 0 radical (unpaired) electrons. The Morgan fingerprint density at radius 1 is 1.50 bits per heavy atom. The minimum absolute atomic E-state index is 0.134. The quantitative estimate of drug-likeness (QED) is 0.242. The van der Waals surface area contributed by atoms with Gasteiger partial charge >= 0.3 is 5.97 Å². The summed E-state index contributed by atoms with van der Waals surface area (Å²) in [6, 6.07) is -0.368. The van der Waals surface area contributed by atoms with Crippen LogP contribution in [0.3, 0.4) is 0 Å². The maximum Gasteiger partial charge on any atom is 0.302 e. The second kappa shape index (κ2) is 4.60. The summed E-state index contributed by atoms with van der Waals surface area (Å²) >= 11 is 0. The van der Waals surface area contributed by atoms with Crippen LogP contribution in [-0.2, 0) is 14.3 Å². The predicted octanol–water partition coefficient (Wildman–Crippen LogP) is -0.540. The second-order valence-corrected chi connectivity index (χ2v) is 1.55. The van der Waals surface area contributed by atoms with E-state index in [0.717, 1.165) is 0 Å². The van der Waals surface area contributed by atoms with Crippen molar-refractivity contribution >= 4 is 12.0 Å². The van der Waals surface area contributed by atoms with E-state index >= 15 is 0 Å². The smallest absolute Gasteiger partial charge is 0.302 e. The fourth-order valence-corrected chi connectivity index (χ4v) is 0.337. The molecule has 5 nitrogen and oxygen atoms in total. The minimum atomic E-state index is -0.368. The number of nitrogens with one attached hydrogen (secondary N) is 1. The van der Waals surface area contributed by atoms with Crippen molar-refractivity contribution in [3.05, 3.63) is 0 Å². The molecule has 5 heteroatoms. The van der Waals surface area contributed by atoms with E-state index in [1.807, 2.05) is 0 Å².